The van der Waals surface area contributed by atoms with E-state index in [1.807, 2.05) is 6.07 Å². The van der Waals surface area contributed by atoms with Crippen LogP contribution in [-0.2, 0) is 6.42 Å². The predicted molar refractivity (Wildman–Crippen MR) is 101 cm³/mol. The number of hydrogen-bond donors (Lipinski definition) is 2. The summed E-state index contributed by atoms with van der Waals surface area (Å²) in [7, 11) is 0. The highest BCUT2D eigenvalue weighted by Gasteiger charge is 2.07. The van der Waals surface area contributed by atoms with Gasteiger partial charge in [0.1, 0.15) is 11.5 Å². The van der Waals surface area contributed by atoms with Crippen molar-refractivity contribution in [2.75, 3.05) is 11.9 Å². The lowest BCUT2D eigenvalue weighted by Crippen LogP contribution is -2.26. The number of benzene rings is 2. The minimum absolute atomic E-state index is 0.268. The van der Waals surface area contributed by atoms with Gasteiger partial charge in [-0.15, -0.1) is 0 Å². The van der Waals surface area contributed by atoms with E-state index in [9.17, 15) is 9.18 Å². The van der Waals surface area contributed by atoms with Crippen LogP contribution < -0.4 is 10.6 Å². The first-order valence-corrected chi connectivity index (χ1v) is 8.40. The summed E-state index contributed by atoms with van der Waals surface area (Å²) in [6.45, 7) is 0.438. The van der Waals surface area contributed by atoms with Crippen molar-refractivity contribution in [3.8, 4) is 6.07 Å². The standard InChI is InChI=1S/C21H17FN4O/c22-17-6-4-15(5-7-17)10-11-24-21(27)20-9-8-19(14-25-20)26-18-3-1-2-16(12-18)13-23/h1-9,12,14,26H,10-11H2,(H,24,27). The van der Waals surface area contributed by atoms with Crippen LogP contribution in [0.25, 0.3) is 0 Å². The quantitative estimate of drug-likeness (QED) is 0.701. The van der Waals surface area contributed by atoms with E-state index in [0.717, 1.165) is 11.3 Å². The molecule has 0 spiro atoms. The van der Waals surface area contributed by atoms with Crippen LogP contribution in [0, 0.1) is 17.1 Å². The first-order chi connectivity index (χ1) is 13.1. The zero-order chi connectivity index (χ0) is 19.1. The van der Waals surface area contributed by atoms with Crippen LogP contribution in [0.15, 0.2) is 66.9 Å². The Bertz CT molecular complexity index is 963. The van der Waals surface area contributed by atoms with Crippen molar-refractivity contribution >= 4 is 17.3 Å². The summed E-state index contributed by atoms with van der Waals surface area (Å²) in [4.78, 5) is 16.3. The van der Waals surface area contributed by atoms with Crippen LogP contribution in [0.2, 0.25) is 0 Å². The van der Waals surface area contributed by atoms with Crippen molar-refractivity contribution in [2.45, 2.75) is 6.42 Å². The Morgan fingerprint density at radius 3 is 2.59 bits per heavy atom. The fourth-order valence-corrected chi connectivity index (χ4v) is 2.50. The SMILES string of the molecule is N#Cc1cccc(Nc2ccc(C(=O)NCCc3ccc(F)cc3)nc2)c1. The number of nitrogens with one attached hydrogen (secondary N) is 2. The van der Waals surface area contributed by atoms with Crippen LogP contribution in [-0.4, -0.2) is 17.4 Å². The van der Waals surface area contributed by atoms with E-state index in [0.29, 0.717) is 29.9 Å². The Balaban J connectivity index is 1.53. The molecule has 0 saturated heterocycles. The molecule has 5 nitrogen and oxygen atoms in total. The third-order valence-corrected chi connectivity index (χ3v) is 3.89. The van der Waals surface area contributed by atoms with E-state index in [4.69, 9.17) is 5.26 Å². The zero-order valence-electron chi connectivity index (χ0n) is 14.4. The number of carbonyl (C=O) groups excluding carboxylic acids is 1. The molecule has 0 bridgehead atoms. The molecule has 0 saturated carbocycles. The molecule has 0 atom stereocenters. The third-order valence-electron chi connectivity index (χ3n) is 3.89. The van der Waals surface area contributed by atoms with Gasteiger partial charge in [-0.1, -0.05) is 18.2 Å². The van der Waals surface area contributed by atoms with Gasteiger partial charge in [0, 0.05) is 12.2 Å². The van der Waals surface area contributed by atoms with Gasteiger partial charge in [0.05, 0.1) is 23.5 Å². The minimum Gasteiger partial charge on any atom is -0.354 e. The van der Waals surface area contributed by atoms with Crippen molar-refractivity contribution in [3.63, 3.8) is 0 Å². The molecule has 2 N–H and O–H groups in total. The molecule has 1 aromatic heterocycles. The molecule has 134 valence electrons. The lowest BCUT2D eigenvalue weighted by Gasteiger charge is -2.08. The van der Waals surface area contributed by atoms with Crippen molar-refractivity contribution < 1.29 is 9.18 Å². The van der Waals surface area contributed by atoms with E-state index in [1.165, 1.54) is 12.1 Å². The number of halogens is 1. The summed E-state index contributed by atoms with van der Waals surface area (Å²) in [5, 5.41) is 14.9. The first-order valence-electron chi connectivity index (χ1n) is 8.40. The maximum absolute atomic E-state index is 12.9. The van der Waals surface area contributed by atoms with E-state index >= 15 is 0 Å². The van der Waals surface area contributed by atoms with Crippen LogP contribution >= 0.6 is 0 Å². The summed E-state index contributed by atoms with van der Waals surface area (Å²) in [6.07, 6.45) is 2.18. The van der Waals surface area contributed by atoms with Crippen LogP contribution in [0.4, 0.5) is 15.8 Å². The molecule has 0 unspecified atom stereocenters. The molecule has 0 radical (unpaired) electrons. The molecule has 6 heteroatoms. The van der Waals surface area contributed by atoms with Gasteiger partial charge in [0.15, 0.2) is 0 Å². The summed E-state index contributed by atoms with van der Waals surface area (Å²) in [6, 6.07) is 18.7. The molecule has 0 aliphatic carbocycles. The highest BCUT2D eigenvalue weighted by Crippen LogP contribution is 2.17. The highest BCUT2D eigenvalue weighted by molar-refractivity contribution is 5.92. The second-order valence-electron chi connectivity index (χ2n) is 5.88. The van der Waals surface area contributed by atoms with Crippen molar-refractivity contribution in [3.05, 3.63) is 89.5 Å². The fraction of sp³-hybridized carbons (Fsp3) is 0.0952. The number of rotatable bonds is 6. The number of carbonyl (C=O) groups is 1. The maximum atomic E-state index is 12.9. The van der Waals surface area contributed by atoms with Gasteiger partial charge in [-0.25, -0.2) is 9.37 Å². The lowest BCUT2D eigenvalue weighted by molar-refractivity contribution is 0.0949. The molecular formula is C21H17FN4O. The van der Waals surface area contributed by atoms with Gasteiger partial charge < -0.3 is 10.6 Å². The zero-order valence-corrected chi connectivity index (χ0v) is 14.4. The molecule has 3 aromatic rings. The average Bonchev–Trinajstić information content (AvgIpc) is 2.70. The number of nitrogens with zero attached hydrogens (tertiary/aromatic N) is 2. The van der Waals surface area contributed by atoms with Crippen LogP contribution in [0.3, 0.4) is 0 Å². The molecule has 1 amide bonds. The summed E-state index contributed by atoms with van der Waals surface area (Å²) in [5.74, 6) is -0.546. The Morgan fingerprint density at radius 1 is 1.07 bits per heavy atom. The number of amides is 1. The number of aromatic nitrogens is 1. The Morgan fingerprint density at radius 2 is 1.89 bits per heavy atom. The number of anilines is 2. The van der Waals surface area contributed by atoms with Crippen molar-refractivity contribution in [1.29, 1.82) is 5.26 Å². The van der Waals surface area contributed by atoms with Gasteiger partial charge in [0.2, 0.25) is 0 Å². The topological polar surface area (TPSA) is 77.8 Å². The maximum Gasteiger partial charge on any atom is 0.269 e. The number of nitriles is 1. The van der Waals surface area contributed by atoms with Crippen LogP contribution in [0.5, 0.6) is 0 Å². The molecule has 2 aromatic carbocycles. The minimum atomic E-state index is -0.278. The van der Waals surface area contributed by atoms with Crippen molar-refractivity contribution in [1.82, 2.24) is 10.3 Å². The summed E-state index contributed by atoms with van der Waals surface area (Å²) >= 11 is 0. The summed E-state index contributed by atoms with van der Waals surface area (Å²) < 4.78 is 12.9. The smallest absolute Gasteiger partial charge is 0.269 e. The fourth-order valence-electron chi connectivity index (χ4n) is 2.50. The molecule has 1 heterocycles. The molecule has 0 aliphatic heterocycles. The number of pyridine rings is 1. The predicted octanol–water partition coefficient (Wildman–Crippen LogP) is 3.81. The highest BCUT2D eigenvalue weighted by atomic mass is 19.1. The van der Waals surface area contributed by atoms with Gasteiger partial charge in [-0.05, 0) is 54.4 Å². The van der Waals surface area contributed by atoms with Crippen LogP contribution in [0.1, 0.15) is 21.6 Å². The summed E-state index contributed by atoms with van der Waals surface area (Å²) in [5.41, 5.74) is 3.31. The average molecular weight is 360 g/mol. The largest absolute Gasteiger partial charge is 0.354 e. The normalized spacial score (nSPS) is 10.1. The monoisotopic (exact) mass is 360 g/mol. The van der Waals surface area contributed by atoms with Gasteiger partial charge in [0.25, 0.3) is 5.91 Å². The Labute approximate surface area is 156 Å². The Kier molecular flexibility index (Phi) is 5.75. The van der Waals surface area contributed by atoms with Gasteiger partial charge in [-0.2, -0.15) is 5.26 Å². The van der Waals surface area contributed by atoms with Gasteiger partial charge in [-0.3, -0.25) is 4.79 Å². The second kappa shape index (κ2) is 8.59. The molecule has 0 aliphatic rings. The molecular weight excluding hydrogens is 343 g/mol. The van der Waals surface area contributed by atoms with E-state index in [2.05, 4.69) is 21.7 Å². The molecule has 3 rings (SSSR count). The van der Waals surface area contributed by atoms with E-state index < -0.39 is 0 Å². The third kappa shape index (κ3) is 5.13. The second-order valence-corrected chi connectivity index (χ2v) is 5.88. The first kappa shape index (κ1) is 18.1. The van der Waals surface area contributed by atoms with E-state index in [1.54, 1.807) is 48.7 Å². The van der Waals surface area contributed by atoms with Gasteiger partial charge >= 0.3 is 0 Å². The molecule has 27 heavy (non-hydrogen) atoms. The number of hydrogen-bond acceptors (Lipinski definition) is 4. The van der Waals surface area contributed by atoms with Crippen molar-refractivity contribution in [2.24, 2.45) is 0 Å². The molecule has 0 fully saturated rings. The lowest BCUT2D eigenvalue weighted by atomic mass is 10.1. The Hall–Kier alpha value is -3.72. The van der Waals surface area contributed by atoms with E-state index in [-0.39, 0.29) is 11.7 Å².